The van der Waals surface area contributed by atoms with Crippen molar-refractivity contribution in [3.05, 3.63) is 66.7 Å². The maximum Gasteiger partial charge on any atom is 0.229 e. The molecule has 0 unspecified atom stereocenters. The molecule has 1 heterocycles. The minimum absolute atomic E-state index is 0.0532. The van der Waals surface area contributed by atoms with E-state index in [4.69, 9.17) is 0 Å². The molecule has 0 aromatic heterocycles. The largest absolute Gasteiger partial charge is 0.326 e. The van der Waals surface area contributed by atoms with Crippen LogP contribution in [0.1, 0.15) is 13.3 Å². The van der Waals surface area contributed by atoms with Crippen LogP contribution < -0.4 is 15.5 Å². The molecule has 3 aromatic rings. The first kappa shape index (κ1) is 18.7. The molecule has 1 atom stereocenters. The van der Waals surface area contributed by atoms with Crippen molar-refractivity contribution in [2.75, 3.05) is 22.1 Å². The van der Waals surface area contributed by atoms with Crippen molar-refractivity contribution in [2.45, 2.75) is 13.3 Å². The fourth-order valence-electron chi connectivity index (χ4n) is 3.64. The van der Waals surface area contributed by atoms with E-state index in [0.717, 1.165) is 16.5 Å². The van der Waals surface area contributed by atoms with Crippen molar-refractivity contribution in [2.24, 2.45) is 5.92 Å². The quantitative estimate of drug-likeness (QED) is 0.715. The monoisotopic (exact) mass is 387 g/mol. The van der Waals surface area contributed by atoms with Gasteiger partial charge in [-0.25, -0.2) is 0 Å². The van der Waals surface area contributed by atoms with E-state index in [1.165, 1.54) is 6.92 Å². The lowest BCUT2D eigenvalue weighted by Gasteiger charge is -2.19. The maximum absolute atomic E-state index is 12.7. The number of nitrogens with zero attached hydrogens (tertiary/aromatic N) is 1. The first-order valence-electron chi connectivity index (χ1n) is 9.48. The highest BCUT2D eigenvalue weighted by atomic mass is 16.2. The van der Waals surface area contributed by atoms with Crippen LogP contribution in [0.5, 0.6) is 0 Å². The molecule has 1 aliphatic heterocycles. The summed E-state index contributed by atoms with van der Waals surface area (Å²) in [4.78, 5) is 38.1. The van der Waals surface area contributed by atoms with Crippen LogP contribution in [0.3, 0.4) is 0 Å². The standard InChI is InChI=1S/C23H21N3O3/c1-15(27)24-18-9-11-19(12-10-18)25-23(29)17-13-22(28)26(14-17)21-8-4-6-16-5-2-3-7-20(16)21/h2-12,17H,13-14H2,1H3,(H,24,27)(H,25,29)/t17-/m1/s1. The van der Waals surface area contributed by atoms with Crippen LogP contribution in [0, 0.1) is 5.92 Å². The van der Waals surface area contributed by atoms with Gasteiger partial charge in [-0.2, -0.15) is 0 Å². The van der Waals surface area contributed by atoms with Gasteiger partial charge in [0.15, 0.2) is 0 Å². The van der Waals surface area contributed by atoms with E-state index in [1.54, 1.807) is 29.2 Å². The summed E-state index contributed by atoms with van der Waals surface area (Å²) >= 11 is 0. The molecule has 6 nitrogen and oxygen atoms in total. The van der Waals surface area contributed by atoms with Crippen LogP contribution >= 0.6 is 0 Å². The number of amides is 3. The molecule has 6 heteroatoms. The lowest BCUT2D eigenvalue weighted by atomic mass is 10.1. The Morgan fingerprint density at radius 3 is 2.28 bits per heavy atom. The lowest BCUT2D eigenvalue weighted by Crippen LogP contribution is -2.28. The van der Waals surface area contributed by atoms with Gasteiger partial charge in [-0.1, -0.05) is 36.4 Å². The second-order valence-corrected chi connectivity index (χ2v) is 7.15. The van der Waals surface area contributed by atoms with Crippen LogP contribution in [0.2, 0.25) is 0 Å². The SMILES string of the molecule is CC(=O)Nc1ccc(NC(=O)[C@@H]2CC(=O)N(c3cccc4ccccc34)C2)cc1. The molecular formula is C23H21N3O3. The molecule has 0 radical (unpaired) electrons. The molecule has 1 fully saturated rings. The van der Waals surface area contributed by atoms with Crippen LogP contribution in [0.4, 0.5) is 17.1 Å². The number of carbonyl (C=O) groups excluding carboxylic acids is 3. The van der Waals surface area contributed by atoms with Gasteiger partial charge in [0.2, 0.25) is 17.7 Å². The van der Waals surface area contributed by atoms with E-state index < -0.39 is 5.92 Å². The summed E-state index contributed by atoms with van der Waals surface area (Å²) in [7, 11) is 0. The molecule has 4 rings (SSSR count). The third kappa shape index (κ3) is 3.96. The molecular weight excluding hydrogens is 366 g/mol. The molecule has 1 saturated heterocycles. The van der Waals surface area contributed by atoms with E-state index in [1.807, 2.05) is 42.5 Å². The highest BCUT2D eigenvalue weighted by Crippen LogP contribution is 2.32. The van der Waals surface area contributed by atoms with Gasteiger partial charge in [-0.3, -0.25) is 14.4 Å². The van der Waals surface area contributed by atoms with Crippen LogP contribution in [0.15, 0.2) is 66.7 Å². The van der Waals surface area contributed by atoms with E-state index >= 15 is 0 Å². The molecule has 0 spiro atoms. The minimum atomic E-state index is -0.420. The maximum atomic E-state index is 12.7. The molecule has 3 amide bonds. The van der Waals surface area contributed by atoms with Crippen LogP contribution in [0.25, 0.3) is 10.8 Å². The number of nitrogens with one attached hydrogen (secondary N) is 2. The zero-order chi connectivity index (χ0) is 20.4. The Balaban J connectivity index is 1.47. The van der Waals surface area contributed by atoms with Crippen molar-refractivity contribution in [1.82, 2.24) is 0 Å². The van der Waals surface area contributed by atoms with Crippen molar-refractivity contribution in [3.8, 4) is 0 Å². The third-order valence-corrected chi connectivity index (χ3v) is 5.03. The van der Waals surface area contributed by atoms with Crippen LogP contribution in [-0.2, 0) is 14.4 Å². The Morgan fingerprint density at radius 1 is 0.897 bits per heavy atom. The molecule has 0 saturated carbocycles. The van der Waals surface area contributed by atoms with Crippen molar-refractivity contribution in [3.63, 3.8) is 0 Å². The topological polar surface area (TPSA) is 78.5 Å². The van der Waals surface area contributed by atoms with E-state index in [0.29, 0.717) is 17.9 Å². The number of hydrogen-bond donors (Lipinski definition) is 2. The van der Waals surface area contributed by atoms with E-state index in [9.17, 15) is 14.4 Å². The van der Waals surface area contributed by atoms with Gasteiger partial charge in [0.1, 0.15) is 0 Å². The summed E-state index contributed by atoms with van der Waals surface area (Å²) in [6.45, 7) is 1.79. The Morgan fingerprint density at radius 2 is 1.55 bits per heavy atom. The minimum Gasteiger partial charge on any atom is -0.326 e. The first-order chi connectivity index (χ1) is 14.0. The molecule has 0 bridgehead atoms. The molecule has 1 aliphatic rings. The number of benzene rings is 3. The lowest BCUT2D eigenvalue weighted by molar-refractivity contribution is -0.122. The molecule has 146 valence electrons. The van der Waals surface area contributed by atoms with Gasteiger partial charge >= 0.3 is 0 Å². The Kier molecular flexibility index (Phi) is 4.99. The summed E-state index contributed by atoms with van der Waals surface area (Å²) < 4.78 is 0. The Bertz CT molecular complexity index is 1090. The number of anilines is 3. The second kappa shape index (κ2) is 7.75. The molecule has 3 aromatic carbocycles. The average molecular weight is 387 g/mol. The van der Waals surface area contributed by atoms with Gasteiger partial charge < -0.3 is 15.5 Å². The highest BCUT2D eigenvalue weighted by molar-refractivity contribution is 6.08. The summed E-state index contributed by atoms with van der Waals surface area (Å²) in [6, 6.07) is 20.6. The predicted molar refractivity (Wildman–Crippen MR) is 114 cm³/mol. The fourth-order valence-corrected chi connectivity index (χ4v) is 3.64. The average Bonchev–Trinajstić information content (AvgIpc) is 3.10. The number of carbonyl (C=O) groups is 3. The van der Waals surface area contributed by atoms with E-state index in [-0.39, 0.29) is 24.1 Å². The van der Waals surface area contributed by atoms with Gasteiger partial charge in [-0.05, 0) is 35.7 Å². The van der Waals surface area contributed by atoms with Crippen molar-refractivity contribution < 1.29 is 14.4 Å². The van der Waals surface area contributed by atoms with Gasteiger partial charge in [0.25, 0.3) is 0 Å². The zero-order valence-electron chi connectivity index (χ0n) is 16.0. The predicted octanol–water partition coefficient (Wildman–Crippen LogP) is 3.79. The van der Waals surface area contributed by atoms with Crippen LogP contribution in [-0.4, -0.2) is 24.3 Å². The summed E-state index contributed by atoms with van der Waals surface area (Å²) in [5.74, 6) is -0.813. The molecule has 29 heavy (non-hydrogen) atoms. The first-order valence-corrected chi connectivity index (χ1v) is 9.48. The number of fused-ring (bicyclic) bond motifs is 1. The van der Waals surface area contributed by atoms with Gasteiger partial charge in [0, 0.05) is 36.7 Å². The number of rotatable bonds is 4. The smallest absolute Gasteiger partial charge is 0.229 e. The number of hydrogen-bond acceptors (Lipinski definition) is 3. The fraction of sp³-hybridized carbons (Fsp3) is 0.174. The van der Waals surface area contributed by atoms with Gasteiger partial charge in [0.05, 0.1) is 11.6 Å². The summed E-state index contributed by atoms with van der Waals surface area (Å²) in [6.07, 6.45) is 0.180. The Labute approximate surface area is 168 Å². The highest BCUT2D eigenvalue weighted by Gasteiger charge is 2.35. The van der Waals surface area contributed by atoms with E-state index in [2.05, 4.69) is 10.6 Å². The normalized spacial score (nSPS) is 16.1. The molecule has 2 N–H and O–H groups in total. The van der Waals surface area contributed by atoms with Crippen molar-refractivity contribution in [1.29, 1.82) is 0 Å². The van der Waals surface area contributed by atoms with Gasteiger partial charge in [-0.15, -0.1) is 0 Å². The third-order valence-electron chi connectivity index (χ3n) is 5.03. The second-order valence-electron chi connectivity index (χ2n) is 7.15. The Hall–Kier alpha value is -3.67. The molecule has 0 aliphatic carbocycles. The van der Waals surface area contributed by atoms with Crippen molar-refractivity contribution >= 4 is 45.6 Å². The summed E-state index contributed by atoms with van der Waals surface area (Å²) in [5.41, 5.74) is 2.12. The zero-order valence-corrected chi connectivity index (χ0v) is 16.0. The summed E-state index contributed by atoms with van der Waals surface area (Å²) in [5, 5.41) is 7.60.